The summed E-state index contributed by atoms with van der Waals surface area (Å²) >= 11 is 5.19. The van der Waals surface area contributed by atoms with E-state index in [1.54, 1.807) is 0 Å². The van der Waals surface area contributed by atoms with Crippen LogP contribution in [0.3, 0.4) is 0 Å². The number of amides is 1. The van der Waals surface area contributed by atoms with E-state index in [9.17, 15) is 4.79 Å². The fraction of sp³-hybridized carbons (Fsp3) is 0.400. The Morgan fingerprint density at radius 2 is 1.95 bits per heavy atom. The van der Waals surface area contributed by atoms with Gasteiger partial charge in [0.15, 0.2) is 5.11 Å². The topological polar surface area (TPSA) is 76.9 Å². The Kier molecular flexibility index (Phi) is 7.19. The molecule has 1 aromatic carbocycles. The number of hydrogen-bond acceptors (Lipinski definition) is 3. The third-order valence-electron chi connectivity index (χ3n) is 2.67. The van der Waals surface area contributed by atoms with Crippen LogP contribution in [0.25, 0.3) is 0 Å². The van der Waals surface area contributed by atoms with Crippen molar-refractivity contribution in [2.24, 2.45) is 0 Å². The summed E-state index contributed by atoms with van der Waals surface area (Å²) in [7, 11) is 0. The van der Waals surface area contributed by atoms with Gasteiger partial charge >= 0.3 is 0 Å². The Labute approximate surface area is 130 Å². The van der Waals surface area contributed by atoms with Crippen molar-refractivity contribution in [1.29, 1.82) is 5.26 Å². The molecule has 0 aliphatic carbocycles. The van der Waals surface area contributed by atoms with Crippen LogP contribution in [0, 0.1) is 11.3 Å². The number of nitrogens with zero attached hydrogens (tertiary/aromatic N) is 1. The van der Waals surface area contributed by atoms with E-state index in [2.05, 4.69) is 16.0 Å². The molecule has 0 saturated heterocycles. The molecule has 0 bridgehead atoms. The number of carbonyl (C=O) groups is 1. The SMILES string of the molecule is CC(C)NC(=S)NC(Cc1ccccc1)C(=O)NCC#N. The average molecular weight is 304 g/mol. The van der Waals surface area contributed by atoms with Gasteiger partial charge in [0, 0.05) is 12.5 Å². The lowest BCUT2D eigenvalue weighted by atomic mass is 10.1. The molecule has 112 valence electrons. The van der Waals surface area contributed by atoms with Crippen LogP contribution < -0.4 is 16.0 Å². The highest BCUT2D eigenvalue weighted by Gasteiger charge is 2.19. The fourth-order valence-electron chi connectivity index (χ4n) is 1.77. The first-order valence-electron chi connectivity index (χ1n) is 6.78. The Morgan fingerprint density at radius 1 is 1.29 bits per heavy atom. The maximum atomic E-state index is 12.1. The van der Waals surface area contributed by atoms with Gasteiger partial charge in [0.25, 0.3) is 0 Å². The van der Waals surface area contributed by atoms with Crippen LogP contribution in [0.15, 0.2) is 30.3 Å². The van der Waals surface area contributed by atoms with Crippen LogP contribution in [0.2, 0.25) is 0 Å². The first-order chi connectivity index (χ1) is 10.0. The molecule has 0 aromatic heterocycles. The predicted octanol–water partition coefficient (Wildman–Crippen LogP) is 1.11. The molecular weight excluding hydrogens is 284 g/mol. The number of nitrogens with one attached hydrogen (secondary N) is 3. The molecule has 1 aromatic rings. The van der Waals surface area contributed by atoms with Crippen molar-refractivity contribution in [2.45, 2.75) is 32.4 Å². The van der Waals surface area contributed by atoms with E-state index in [0.717, 1.165) is 5.56 Å². The third-order valence-corrected chi connectivity index (χ3v) is 2.90. The zero-order chi connectivity index (χ0) is 15.7. The van der Waals surface area contributed by atoms with Gasteiger partial charge in [-0.05, 0) is 31.6 Å². The highest BCUT2D eigenvalue weighted by molar-refractivity contribution is 7.80. The van der Waals surface area contributed by atoms with E-state index >= 15 is 0 Å². The van der Waals surface area contributed by atoms with Crippen molar-refractivity contribution in [3.05, 3.63) is 35.9 Å². The van der Waals surface area contributed by atoms with Crippen molar-refractivity contribution in [1.82, 2.24) is 16.0 Å². The molecule has 1 rings (SSSR count). The number of nitriles is 1. The van der Waals surface area contributed by atoms with Crippen molar-refractivity contribution in [3.63, 3.8) is 0 Å². The zero-order valence-corrected chi connectivity index (χ0v) is 13.0. The molecule has 1 amide bonds. The Morgan fingerprint density at radius 3 is 2.52 bits per heavy atom. The van der Waals surface area contributed by atoms with Gasteiger partial charge in [0.05, 0.1) is 6.07 Å². The maximum Gasteiger partial charge on any atom is 0.243 e. The molecule has 5 nitrogen and oxygen atoms in total. The van der Waals surface area contributed by atoms with Crippen LogP contribution in [0.4, 0.5) is 0 Å². The van der Waals surface area contributed by atoms with Crippen LogP contribution in [-0.2, 0) is 11.2 Å². The second kappa shape index (κ2) is 8.93. The van der Waals surface area contributed by atoms with Gasteiger partial charge in [-0.15, -0.1) is 0 Å². The predicted molar refractivity (Wildman–Crippen MR) is 86.6 cm³/mol. The van der Waals surface area contributed by atoms with Crippen molar-refractivity contribution in [3.8, 4) is 6.07 Å². The number of thiocarbonyl (C=S) groups is 1. The summed E-state index contributed by atoms with van der Waals surface area (Å²) in [4.78, 5) is 12.1. The first-order valence-corrected chi connectivity index (χ1v) is 7.19. The molecule has 0 aliphatic rings. The summed E-state index contributed by atoms with van der Waals surface area (Å²) in [6, 6.07) is 11.2. The molecule has 21 heavy (non-hydrogen) atoms. The minimum atomic E-state index is -0.514. The number of hydrogen-bond donors (Lipinski definition) is 3. The van der Waals surface area contributed by atoms with Crippen LogP contribution >= 0.6 is 12.2 Å². The minimum absolute atomic E-state index is 0.0177. The lowest BCUT2D eigenvalue weighted by molar-refractivity contribution is -0.122. The molecule has 0 saturated carbocycles. The lowest BCUT2D eigenvalue weighted by Crippen LogP contribution is -2.52. The third kappa shape index (κ3) is 6.72. The normalized spacial score (nSPS) is 11.3. The highest BCUT2D eigenvalue weighted by Crippen LogP contribution is 2.03. The highest BCUT2D eigenvalue weighted by atomic mass is 32.1. The molecule has 3 N–H and O–H groups in total. The number of rotatable bonds is 6. The fourth-order valence-corrected chi connectivity index (χ4v) is 2.15. The standard InChI is InChI=1S/C15H20N4OS/c1-11(2)18-15(21)19-13(14(20)17-9-8-16)10-12-6-4-3-5-7-12/h3-7,11,13H,9-10H2,1-2H3,(H,17,20)(H2,18,19,21). The van der Waals surface area contributed by atoms with Crippen molar-refractivity contribution in [2.75, 3.05) is 6.54 Å². The lowest BCUT2D eigenvalue weighted by Gasteiger charge is -2.21. The van der Waals surface area contributed by atoms with E-state index in [1.807, 2.05) is 50.2 Å². The van der Waals surface area contributed by atoms with Gasteiger partial charge in [0.2, 0.25) is 5.91 Å². The van der Waals surface area contributed by atoms with E-state index < -0.39 is 6.04 Å². The summed E-state index contributed by atoms with van der Waals surface area (Å²) < 4.78 is 0. The van der Waals surface area contributed by atoms with Crippen LogP contribution in [-0.4, -0.2) is 29.6 Å². The van der Waals surface area contributed by atoms with E-state index in [4.69, 9.17) is 17.5 Å². The monoisotopic (exact) mass is 304 g/mol. The second-order valence-corrected chi connectivity index (χ2v) is 5.30. The molecule has 0 spiro atoms. The van der Waals surface area contributed by atoms with Gasteiger partial charge in [0.1, 0.15) is 12.6 Å². The molecule has 0 heterocycles. The number of benzene rings is 1. The molecule has 0 radical (unpaired) electrons. The van der Waals surface area contributed by atoms with E-state index in [0.29, 0.717) is 11.5 Å². The molecule has 0 fully saturated rings. The Hall–Kier alpha value is -2.13. The smallest absolute Gasteiger partial charge is 0.243 e. The zero-order valence-electron chi connectivity index (χ0n) is 12.2. The maximum absolute atomic E-state index is 12.1. The van der Waals surface area contributed by atoms with Gasteiger partial charge < -0.3 is 16.0 Å². The summed E-state index contributed by atoms with van der Waals surface area (Å²) in [5.74, 6) is -0.242. The minimum Gasteiger partial charge on any atom is -0.361 e. The van der Waals surface area contributed by atoms with Crippen molar-refractivity contribution < 1.29 is 4.79 Å². The molecule has 1 unspecified atom stereocenters. The Balaban J connectivity index is 2.72. The van der Waals surface area contributed by atoms with Gasteiger partial charge in [-0.3, -0.25) is 4.79 Å². The summed E-state index contributed by atoms with van der Waals surface area (Å²) in [5.41, 5.74) is 1.02. The van der Waals surface area contributed by atoms with Crippen LogP contribution in [0.1, 0.15) is 19.4 Å². The molecule has 1 atom stereocenters. The number of carbonyl (C=O) groups excluding carboxylic acids is 1. The Bertz CT molecular complexity index is 510. The van der Waals surface area contributed by atoms with E-state index in [-0.39, 0.29) is 18.5 Å². The summed E-state index contributed by atoms with van der Waals surface area (Å²) in [6.07, 6.45) is 0.498. The van der Waals surface area contributed by atoms with E-state index in [1.165, 1.54) is 0 Å². The largest absolute Gasteiger partial charge is 0.361 e. The molecule has 6 heteroatoms. The van der Waals surface area contributed by atoms with Gasteiger partial charge in [-0.25, -0.2) is 0 Å². The average Bonchev–Trinajstić information content (AvgIpc) is 2.44. The molecule has 0 aliphatic heterocycles. The van der Waals surface area contributed by atoms with Crippen molar-refractivity contribution >= 4 is 23.2 Å². The molecular formula is C15H20N4OS. The summed E-state index contributed by atoms with van der Waals surface area (Å²) in [6.45, 7) is 3.92. The van der Waals surface area contributed by atoms with Gasteiger partial charge in [-0.2, -0.15) is 5.26 Å². The summed E-state index contributed by atoms with van der Waals surface area (Å²) in [5, 5.41) is 17.6. The van der Waals surface area contributed by atoms with Crippen LogP contribution in [0.5, 0.6) is 0 Å². The first kappa shape index (κ1) is 16.9. The quantitative estimate of drug-likeness (QED) is 0.542. The second-order valence-electron chi connectivity index (χ2n) is 4.89. The van der Waals surface area contributed by atoms with Gasteiger partial charge in [-0.1, -0.05) is 30.3 Å².